The summed E-state index contributed by atoms with van der Waals surface area (Å²) in [5.74, 6) is 0.725. The number of hydrogen-bond donors (Lipinski definition) is 1. The van der Waals surface area contributed by atoms with Gasteiger partial charge in [0.25, 0.3) is 0 Å². The van der Waals surface area contributed by atoms with Gasteiger partial charge < -0.3 is 5.32 Å². The van der Waals surface area contributed by atoms with Gasteiger partial charge in [-0.25, -0.2) is 0 Å². The average molecular weight is 285 g/mol. The van der Waals surface area contributed by atoms with Crippen molar-refractivity contribution in [1.29, 1.82) is 5.26 Å². The zero-order valence-corrected chi connectivity index (χ0v) is 11.2. The van der Waals surface area contributed by atoms with Gasteiger partial charge in [0.15, 0.2) is 0 Å². The minimum Gasteiger partial charge on any atom is -0.302 e. The maximum atomic E-state index is 9.00. The topological polar surface area (TPSA) is 35.8 Å². The van der Waals surface area contributed by atoms with E-state index in [2.05, 4.69) is 27.3 Å². The Morgan fingerprint density at radius 3 is 2.73 bits per heavy atom. The molecule has 0 radical (unpaired) electrons. The molecule has 0 aliphatic rings. The predicted octanol–water partition coefficient (Wildman–Crippen LogP) is 3.04. The van der Waals surface area contributed by atoms with E-state index in [9.17, 15) is 0 Å². The van der Waals surface area contributed by atoms with Crippen molar-refractivity contribution in [2.24, 2.45) is 0 Å². The maximum Gasteiger partial charge on any atom is 0.113 e. The third-order valence-corrected chi connectivity index (χ3v) is 4.49. The van der Waals surface area contributed by atoms with E-state index in [1.54, 1.807) is 11.8 Å². The van der Waals surface area contributed by atoms with Crippen LogP contribution in [0.3, 0.4) is 0 Å². The van der Waals surface area contributed by atoms with Crippen LogP contribution >= 0.6 is 27.7 Å². The van der Waals surface area contributed by atoms with E-state index in [4.69, 9.17) is 5.26 Å². The molecule has 1 aromatic rings. The number of nitriles is 1. The summed E-state index contributed by atoms with van der Waals surface area (Å²) in [6.07, 6.45) is 0. The first-order chi connectivity index (χ1) is 7.11. The molecule has 0 bridgehead atoms. The number of hydrogen-bond acceptors (Lipinski definition) is 3. The number of nitrogens with zero attached hydrogens (tertiary/aromatic N) is 1. The highest BCUT2D eigenvalue weighted by molar-refractivity contribution is 9.10. The summed E-state index contributed by atoms with van der Waals surface area (Å²) < 4.78 is 1.08. The number of nitrogens with one attached hydrogen (secondary N) is 1. The molecular formula is C11H13BrN2S. The van der Waals surface area contributed by atoms with Gasteiger partial charge in [0.05, 0.1) is 6.07 Å². The monoisotopic (exact) mass is 284 g/mol. The number of halogens is 1. The van der Waals surface area contributed by atoms with E-state index >= 15 is 0 Å². The summed E-state index contributed by atoms with van der Waals surface area (Å²) in [6, 6.07) is 10.3. The highest BCUT2D eigenvalue weighted by Crippen LogP contribution is 2.29. The first-order valence-corrected chi connectivity index (χ1v) is 6.36. The van der Waals surface area contributed by atoms with E-state index in [1.165, 1.54) is 0 Å². The van der Waals surface area contributed by atoms with Crippen LogP contribution in [0.1, 0.15) is 6.92 Å². The highest BCUT2D eigenvalue weighted by atomic mass is 79.9. The summed E-state index contributed by atoms with van der Waals surface area (Å²) >= 11 is 5.15. The smallest absolute Gasteiger partial charge is 0.113 e. The van der Waals surface area contributed by atoms with Crippen LogP contribution in [-0.4, -0.2) is 18.3 Å². The SMILES string of the molecule is CNC(C)(C#N)CSc1ccccc1Br. The lowest BCUT2D eigenvalue weighted by Crippen LogP contribution is -2.40. The molecule has 80 valence electrons. The summed E-state index contributed by atoms with van der Waals surface area (Å²) in [6.45, 7) is 1.90. The normalized spacial score (nSPS) is 14.3. The van der Waals surface area contributed by atoms with Gasteiger partial charge in [-0.05, 0) is 42.0 Å². The summed E-state index contributed by atoms with van der Waals surface area (Å²) in [4.78, 5) is 1.16. The third kappa shape index (κ3) is 3.53. The van der Waals surface area contributed by atoms with Crippen molar-refractivity contribution in [3.05, 3.63) is 28.7 Å². The van der Waals surface area contributed by atoms with Gasteiger partial charge in [0.1, 0.15) is 5.54 Å². The van der Waals surface area contributed by atoms with Crippen LogP contribution in [-0.2, 0) is 0 Å². The Morgan fingerprint density at radius 1 is 1.53 bits per heavy atom. The van der Waals surface area contributed by atoms with E-state index in [1.807, 2.05) is 38.2 Å². The minimum atomic E-state index is -0.472. The lowest BCUT2D eigenvalue weighted by atomic mass is 10.1. The van der Waals surface area contributed by atoms with Crippen LogP contribution in [0.5, 0.6) is 0 Å². The molecule has 1 atom stereocenters. The van der Waals surface area contributed by atoms with Crippen molar-refractivity contribution in [3.8, 4) is 6.07 Å². The molecule has 0 fully saturated rings. The standard InChI is InChI=1S/C11H13BrN2S/c1-11(7-13,14-2)8-15-10-6-4-3-5-9(10)12/h3-6,14H,8H2,1-2H3. The van der Waals surface area contributed by atoms with Crippen molar-refractivity contribution >= 4 is 27.7 Å². The van der Waals surface area contributed by atoms with Gasteiger partial charge in [0.2, 0.25) is 0 Å². The quantitative estimate of drug-likeness (QED) is 0.864. The largest absolute Gasteiger partial charge is 0.302 e. The fourth-order valence-corrected chi connectivity index (χ4v) is 2.61. The third-order valence-electron chi connectivity index (χ3n) is 2.15. The molecule has 0 saturated heterocycles. The van der Waals surface area contributed by atoms with Gasteiger partial charge in [-0.2, -0.15) is 5.26 Å². The minimum absolute atomic E-state index is 0.472. The second-order valence-corrected chi connectivity index (χ2v) is 5.28. The van der Waals surface area contributed by atoms with Crippen molar-refractivity contribution in [2.45, 2.75) is 17.4 Å². The fraction of sp³-hybridized carbons (Fsp3) is 0.364. The Bertz CT molecular complexity index is 375. The van der Waals surface area contributed by atoms with Crippen LogP contribution < -0.4 is 5.32 Å². The zero-order chi connectivity index (χ0) is 11.3. The lowest BCUT2D eigenvalue weighted by Gasteiger charge is -2.20. The van der Waals surface area contributed by atoms with Crippen molar-refractivity contribution in [1.82, 2.24) is 5.32 Å². The van der Waals surface area contributed by atoms with E-state index < -0.39 is 5.54 Å². The van der Waals surface area contributed by atoms with Crippen LogP contribution in [0, 0.1) is 11.3 Å². The van der Waals surface area contributed by atoms with Crippen molar-refractivity contribution in [2.75, 3.05) is 12.8 Å². The average Bonchev–Trinajstić information content (AvgIpc) is 2.28. The molecule has 1 N–H and O–H groups in total. The summed E-state index contributed by atoms with van der Waals surface area (Å²) in [7, 11) is 1.81. The molecule has 0 aromatic heterocycles. The van der Waals surface area contributed by atoms with E-state index in [0.29, 0.717) is 0 Å². The fourth-order valence-electron chi connectivity index (χ4n) is 0.944. The molecule has 1 rings (SSSR count). The van der Waals surface area contributed by atoms with Crippen LogP contribution in [0.2, 0.25) is 0 Å². The molecule has 4 heteroatoms. The second kappa shape index (κ2) is 5.55. The van der Waals surface area contributed by atoms with E-state index in [0.717, 1.165) is 15.1 Å². The predicted molar refractivity (Wildman–Crippen MR) is 67.9 cm³/mol. The highest BCUT2D eigenvalue weighted by Gasteiger charge is 2.21. The van der Waals surface area contributed by atoms with Crippen LogP contribution in [0.15, 0.2) is 33.6 Å². The zero-order valence-electron chi connectivity index (χ0n) is 8.75. The Hall–Kier alpha value is -0.500. The molecule has 0 spiro atoms. The molecule has 0 aliphatic carbocycles. The van der Waals surface area contributed by atoms with Gasteiger partial charge in [-0.1, -0.05) is 12.1 Å². The van der Waals surface area contributed by atoms with Gasteiger partial charge >= 0.3 is 0 Å². The molecular weight excluding hydrogens is 272 g/mol. The first-order valence-electron chi connectivity index (χ1n) is 4.59. The van der Waals surface area contributed by atoms with Crippen LogP contribution in [0.25, 0.3) is 0 Å². The molecule has 1 unspecified atom stereocenters. The number of rotatable bonds is 4. The molecule has 0 aliphatic heterocycles. The Morgan fingerprint density at radius 2 is 2.20 bits per heavy atom. The van der Waals surface area contributed by atoms with Gasteiger partial charge in [-0.3, -0.25) is 0 Å². The molecule has 0 amide bonds. The van der Waals surface area contributed by atoms with Crippen molar-refractivity contribution < 1.29 is 0 Å². The molecule has 2 nitrogen and oxygen atoms in total. The van der Waals surface area contributed by atoms with Gasteiger partial charge in [-0.15, -0.1) is 11.8 Å². The maximum absolute atomic E-state index is 9.00. The van der Waals surface area contributed by atoms with Crippen molar-refractivity contribution in [3.63, 3.8) is 0 Å². The molecule has 0 heterocycles. The Labute approximate surface area is 103 Å². The Balaban J connectivity index is 2.66. The van der Waals surface area contributed by atoms with Crippen LogP contribution in [0.4, 0.5) is 0 Å². The second-order valence-electron chi connectivity index (χ2n) is 3.41. The summed E-state index contributed by atoms with van der Waals surface area (Å²) in [5, 5.41) is 12.0. The first kappa shape index (κ1) is 12.6. The number of benzene rings is 1. The Kier molecular flexibility index (Phi) is 4.65. The lowest BCUT2D eigenvalue weighted by molar-refractivity contribution is 0.550. The molecule has 1 aromatic carbocycles. The van der Waals surface area contributed by atoms with Gasteiger partial charge in [0, 0.05) is 15.1 Å². The summed E-state index contributed by atoms with van der Waals surface area (Å²) in [5.41, 5.74) is -0.472. The molecule has 0 saturated carbocycles. The molecule has 15 heavy (non-hydrogen) atoms. The van der Waals surface area contributed by atoms with E-state index in [-0.39, 0.29) is 0 Å². The number of thioether (sulfide) groups is 1.